The highest BCUT2D eigenvalue weighted by Crippen LogP contribution is 2.35. The minimum absolute atomic E-state index is 0.102. The Morgan fingerprint density at radius 1 is 1.45 bits per heavy atom. The van der Waals surface area contributed by atoms with E-state index < -0.39 is 0 Å². The molecular formula is C13H21N5O2. The molecule has 1 aromatic rings. The van der Waals surface area contributed by atoms with Crippen molar-refractivity contribution < 1.29 is 4.92 Å². The van der Waals surface area contributed by atoms with E-state index in [1.165, 1.54) is 12.8 Å². The van der Waals surface area contributed by atoms with Gasteiger partial charge in [-0.25, -0.2) is 4.68 Å². The summed E-state index contributed by atoms with van der Waals surface area (Å²) < 4.78 is 1.58. The molecule has 2 fully saturated rings. The number of likely N-dealkylation sites (tertiary alicyclic amines) is 1. The van der Waals surface area contributed by atoms with Gasteiger partial charge in [0.15, 0.2) is 0 Å². The minimum Gasteiger partial charge on any atom is -0.360 e. The predicted molar refractivity (Wildman–Crippen MR) is 75.8 cm³/mol. The van der Waals surface area contributed by atoms with Gasteiger partial charge in [0.25, 0.3) is 0 Å². The molecule has 7 heteroatoms. The van der Waals surface area contributed by atoms with Crippen molar-refractivity contribution in [3.63, 3.8) is 0 Å². The van der Waals surface area contributed by atoms with Crippen LogP contribution in [0, 0.1) is 17.0 Å². The summed E-state index contributed by atoms with van der Waals surface area (Å²) in [5.74, 6) is 0.530. The van der Waals surface area contributed by atoms with Crippen molar-refractivity contribution in [1.82, 2.24) is 14.7 Å². The van der Waals surface area contributed by atoms with Gasteiger partial charge in [-0.1, -0.05) is 0 Å². The number of nitro groups is 1. The second-order valence-corrected chi connectivity index (χ2v) is 6.02. The Kier molecular flexibility index (Phi) is 3.16. The number of hydrogen-bond donors (Lipinski definition) is 1. The van der Waals surface area contributed by atoms with Gasteiger partial charge in [-0.15, -0.1) is 0 Å². The molecule has 2 aliphatic rings. The van der Waals surface area contributed by atoms with Gasteiger partial charge >= 0.3 is 5.69 Å². The Labute approximate surface area is 118 Å². The molecular weight excluding hydrogens is 258 g/mol. The quantitative estimate of drug-likeness (QED) is 0.670. The average Bonchev–Trinajstić information content (AvgIpc) is 3.06. The Morgan fingerprint density at radius 2 is 2.15 bits per heavy atom. The fraction of sp³-hybridized carbons (Fsp3) is 0.769. The van der Waals surface area contributed by atoms with Gasteiger partial charge in [0.1, 0.15) is 5.69 Å². The summed E-state index contributed by atoms with van der Waals surface area (Å²) in [6.45, 7) is 4.88. The SMILES string of the molecule is Cc1nn(C)c(NC2CC(C)N(C3CC3)C2)c1[N+](=O)[O-]. The summed E-state index contributed by atoms with van der Waals surface area (Å²) in [7, 11) is 1.75. The lowest BCUT2D eigenvalue weighted by Crippen LogP contribution is -2.31. The molecule has 2 unspecified atom stereocenters. The summed E-state index contributed by atoms with van der Waals surface area (Å²) >= 11 is 0. The monoisotopic (exact) mass is 279 g/mol. The van der Waals surface area contributed by atoms with Crippen LogP contribution >= 0.6 is 0 Å². The van der Waals surface area contributed by atoms with E-state index in [-0.39, 0.29) is 16.7 Å². The lowest BCUT2D eigenvalue weighted by Gasteiger charge is -2.19. The number of hydrogen-bond acceptors (Lipinski definition) is 5. The van der Waals surface area contributed by atoms with E-state index in [2.05, 4.69) is 22.2 Å². The van der Waals surface area contributed by atoms with Crippen LogP contribution in [0.2, 0.25) is 0 Å². The van der Waals surface area contributed by atoms with Crippen molar-refractivity contribution in [2.75, 3.05) is 11.9 Å². The van der Waals surface area contributed by atoms with E-state index in [4.69, 9.17) is 0 Å². The van der Waals surface area contributed by atoms with E-state index >= 15 is 0 Å². The van der Waals surface area contributed by atoms with E-state index in [0.717, 1.165) is 19.0 Å². The molecule has 20 heavy (non-hydrogen) atoms. The largest absolute Gasteiger partial charge is 0.360 e. The van der Waals surface area contributed by atoms with Gasteiger partial charge in [-0.3, -0.25) is 15.0 Å². The summed E-state index contributed by atoms with van der Waals surface area (Å²) in [6, 6.07) is 1.55. The number of aromatic nitrogens is 2. The first-order valence-electron chi connectivity index (χ1n) is 7.17. The molecule has 3 rings (SSSR count). The molecule has 7 nitrogen and oxygen atoms in total. The number of aryl methyl sites for hydroxylation is 2. The number of rotatable bonds is 4. The maximum absolute atomic E-state index is 11.2. The highest BCUT2D eigenvalue weighted by Gasteiger charge is 2.39. The molecule has 0 aromatic carbocycles. The number of anilines is 1. The molecule has 2 atom stereocenters. The number of nitrogens with zero attached hydrogens (tertiary/aromatic N) is 4. The second-order valence-electron chi connectivity index (χ2n) is 6.02. The van der Waals surface area contributed by atoms with Gasteiger partial charge in [-0.2, -0.15) is 5.10 Å². The van der Waals surface area contributed by atoms with E-state index in [1.54, 1.807) is 18.7 Å². The topological polar surface area (TPSA) is 76.2 Å². The molecule has 0 spiro atoms. The van der Waals surface area contributed by atoms with E-state index in [9.17, 15) is 10.1 Å². The average molecular weight is 279 g/mol. The summed E-state index contributed by atoms with van der Waals surface area (Å²) in [5.41, 5.74) is 0.565. The van der Waals surface area contributed by atoms with Gasteiger partial charge < -0.3 is 5.32 Å². The van der Waals surface area contributed by atoms with Crippen molar-refractivity contribution in [3.05, 3.63) is 15.8 Å². The van der Waals surface area contributed by atoms with Crippen LogP contribution in [-0.4, -0.2) is 44.3 Å². The first-order valence-corrected chi connectivity index (χ1v) is 7.17. The van der Waals surface area contributed by atoms with Gasteiger partial charge in [0.05, 0.1) is 4.92 Å². The Bertz CT molecular complexity index is 537. The highest BCUT2D eigenvalue weighted by molar-refractivity contribution is 5.60. The van der Waals surface area contributed by atoms with Crippen molar-refractivity contribution >= 4 is 11.5 Å². The smallest absolute Gasteiger partial charge is 0.333 e. The van der Waals surface area contributed by atoms with E-state index in [0.29, 0.717) is 17.6 Å². The standard InChI is InChI=1S/C13H21N5O2/c1-8-6-10(7-17(8)11-4-5-11)14-13-12(18(19)20)9(2)15-16(13)3/h8,10-11,14H,4-7H2,1-3H3. The molecule has 2 heterocycles. The van der Waals surface area contributed by atoms with E-state index in [1.807, 2.05) is 0 Å². The van der Waals surface area contributed by atoms with Crippen LogP contribution in [0.1, 0.15) is 31.9 Å². The van der Waals surface area contributed by atoms with Crippen molar-refractivity contribution in [1.29, 1.82) is 0 Å². The molecule has 0 bridgehead atoms. The summed E-state index contributed by atoms with van der Waals surface area (Å²) in [5, 5.41) is 18.7. The van der Waals surface area contributed by atoms with Crippen LogP contribution < -0.4 is 5.32 Å². The highest BCUT2D eigenvalue weighted by atomic mass is 16.6. The number of nitrogens with one attached hydrogen (secondary N) is 1. The minimum atomic E-state index is -0.346. The molecule has 1 aromatic heterocycles. The molecule has 110 valence electrons. The first-order chi connectivity index (χ1) is 9.47. The van der Waals surface area contributed by atoms with Crippen molar-refractivity contribution in [2.24, 2.45) is 7.05 Å². The maximum Gasteiger partial charge on any atom is 0.333 e. The molecule has 0 radical (unpaired) electrons. The maximum atomic E-state index is 11.2. The zero-order chi connectivity index (χ0) is 14.4. The van der Waals surface area contributed by atoms with Crippen LogP contribution in [0.5, 0.6) is 0 Å². The fourth-order valence-corrected chi connectivity index (χ4v) is 3.30. The van der Waals surface area contributed by atoms with Crippen molar-refractivity contribution in [2.45, 2.75) is 51.2 Å². The summed E-state index contributed by atoms with van der Waals surface area (Å²) in [4.78, 5) is 13.4. The summed E-state index contributed by atoms with van der Waals surface area (Å²) in [6.07, 6.45) is 3.61. The third-order valence-corrected chi connectivity index (χ3v) is 4.35. The molecule has 0 amide bonds. The third kappa shape index (κ3) is 2.26. The van der Waals surface area contributed by atoms with Gasteiger partial charge in [0.2, 0.25) is 5.82 Å². The molecule has 1 N–H and O–H groups in total. The van der Waals surface area contributed by atoms with Crippen LogP contribution in [0.15, 0.2) is 0 Å². The lowest BCUT2D eigenvalue weighted by atomic mass is 10.2. The van der Waals surface area contributed by atoms with Crippen LogP contribution in [-0.2, 0) is 7.05 Å². The Balaban J connectivity index is 1.77. The molecule has 1 saturated carbocycles. The third-order valence-electron chi connectivity index (χ3n) is 4.35. The van der Waals surface area contributed by atoms with Crippen molar-refractivity contribution in [3.8, 4) is 0 Å². The molecule has 1 aliphatic heterocycles. The zero-order valence-electron chi connectivity index (χ0n) is 12.2. The van der Waals surface area contributed by atoms with Gasteiger partial charge in [0, 0.05) is 31.7 Å². The second kappa shape index (κ2) is 4.73. The molecule has 1 aliphatic carbocycles. The predicted octanol–water partition coefficient (Wildman–Crippen LogP) is 1.67. The van der Waals surface area contributed by atoms with Crippen LogP contribution in [0.25, 0.3) is 0 Å². The lowest BCUT2D eigenvalue weighted by molar-refractivity contribution is -0.384. The Morgan fingerprint density at radius 3 is 2.75 bits per heavy atom. The normalized spacial score (nSPS) is 26.9. The first kappa shape index (κ1) is 13.4. The molecule has 1 saturated heterocycles. The fourth-order valence-electron chi connectivity index (χ4n) is 3.30. The van der Waals surface area contributed by atoms with Gasteiger partial charge in [-0.05, 0) is 33.1 Å². The zero-order valence-corrected chi connectivity index (χ0v) is 12.2. The van der Waals surface area contributed by atoms with Crippen LogP contribution in [0.4, 0.5) is 11.5 Å². The van der Waals surface area contributed by atoms with Crippen LogP contribution in [0.3, 0.4) is 0 Å². The Hall–Kier alpha value is -1.63.